The molecule has 1 atom stereocenters. The summed E-state index contributed by atoms with van der Waals surface area (Å²) in [5, 5.41) is 0.750. The average Bonchev–Trinajstić information content (AvgIpc) is 2.62. The molecule has 2 heterocycles. The molecule has 0 radical (unpaired) electrons. The van der Waals surface area contributed by atoms with E-state index in [4.69, 9.17) is 11.6 Å². The number of aromatic nitrogens is 1. The number of benzene rings is 1. The number of likely N-dealkylation sites (tertiary alicyclic amines) is 1. The highest BCUT2D eigenvalue weighted by atomic mass is 35.5. The van der Waals surface area contributed by atoms with Gasteiger partial charge in [0.1, 0.15) is 0 Å². The van der Waals surface area contributed by atoms with Crippen LogP contribution in [0, 0.1) is 0 Å². The number of hydrogen-bond donors (Lipinski definition) is 0. The van der Waals surface area contributed by atoms with Gasteiger partial charge in [-0.1, -0.05) is 37.6 Å². The third kappa shape index (κ3) is 3.78. The molecule has 1 amide bonds. The van der Waals surface area contributed by atoms with Crippen LogP contribution in [0.3, 0.4) is 0 Å². The maximum absolute atomic E-state index is 12.9. The standard InChI is InChI=1S/C20H23ClN2O/c1-14(2)19-12-16(9-10-22-19)20(24)23-11-3-4-17(13-23)15-5-7-18(21)8-6-15/h5-10,12,14,17H,3-4,11,13H2,1-2H3/t17-/m1/s1. The first-order chi connectivity index (χ1) is 11.5. The van der Waals surface area contributed by atoms with Gasteiger partial charge in [0, 0.05) is 41.5 Å². The third-order valence-electron chi connectivity index (χ3n) is 4.67. The second-order valence-electron chi connectivity index (χ2n) is 6.77. The Hall–Kier alpha value is -1.87. The smallest absolute Gasteiger partial charge is 0.253 e. The summed E-state index contributed by atoms with van der Waals surface area (Å²) in [4.78, 5) is 19.2. The van der Waals surface area contributed by atoms with E-state index in [-0.39, 0.29) is 5.91 Å². The summed E-state index contributed by atoms with van der Waals surface area (Å²) in [7, 11) is 0. The van der Waals surface area contributed by atoms with Crippen molar-refractivity contribution in [1.29, 1.82) is 0 Å². The van der Waals surface area contributed by atoms with Crippen LogP contribution >= 0.6 is 11.6 Å². The number of carbonyl (C=O) groups is 1. The van der Waals surface area contributed by atoms with E-state index in [1.54, 1.807) is 6.20 Å². The minimum Gasteiger partial charge on any atom is -0.338 e. The molecule has 24 heavy (non-hydrogen) atoms. The number of carbonyl (C=O) groups excluding carboxylic acids is 1. The highest BCUT2D eigenvalue weighted by Crippen LogP contribution is 2.28. The predicted molar refractivity (Wildman–Crippen MR) is 97.7 cm³/mol. The number of amides is 1. The van der Waals surface area contributed by atoms with Gasteiger partial charge in [0.25, 0.3) is 5.91 Å². The van der Waals surface area contributed by atoms with Crippen molar-refractivity contribution in [2.45, 2.75) is 38.5 Å². The Morgan fingerprint density at radius 3 is 2.71 bits per heavy atom. The Morgan fingerprint density at radius 1 is 1.25 bits per heavy atom. The molecular weight excluding hydrogens is 320 g/mol. The third-order valence-corrected chi connectivity index (χ3v) is 4.92. The Balaban J connectivity index is 1.75. The van der Waals surface area contributed by atoms with Crippen LogP contribution in [0.5, 0.6) is 0 Å². The van der Waals surface area contributed by atoms with Crippen LogP contribution in [0.1, 0.15) is 60.1 Å². The van der Waals surface area contributed by atoms with E-state index < -0.39 is 0 Å². The molecule has 0 bridgehead atoms. The van der Waals surface area contributed by atoms with E-state index in [2.05, 4.69) is 31.0 Å². The lowest BCUT2D eigenvalue weighted by molar-refractivity contribution is 0.0707. The fraction of sp³-hybridized carbons (Fsp3) is 0.400. The molecule has 126 valence electrons. The monoisotopic (exact) mass is 342 g/mol. The van der Waals surface area contributed by atoms with E-state index in [0.29, 0.717) is 11.8 Å². The molecule has 0 spiro atoms. The lowest BCUT2D eigenvalue weighted by Crippen LogP contribution is -2.39. The van der Waals surface area contributed by atoms with E-state index in [0.717, 1.165) is 42.2 Å². The van der Waals surface area contributed by atoms with E-state index in [1.165, 1.54) is 5.56 Å². The second kappa shape index (κ2) is 7.35. The molecule has 2 aromatic rings. The molecule has 1 aliphatic rings. The van der Waals surface area contributed by atoms with Crippen molar-refractivity contribution in [3.63, 3.8) is 0 Å². The zero-order chi connectivity index (χ0) is 17.1. The summed E-state index contributed by atoms with van der Waals surface area (Å²) >= 11 is 5.98. The molecule has 1 aromatic heterocycles. The summed E-state index contributed by atoms with van der Waals surface area (Å²) in [6, 6.07) is 11.7. The van der Waals surface area contributed by atoms with Gasteiger partial charge in [-0.25, -0.2) is 0 Å². The molecular formula is C20H23ClN2O. The molecule has 0 N–H and O–H groups in total. The first kappa shape index (κ1) is 17.0. The van der Waals surface area contributed by atoms with Crippen molar-refractivity contribution in [3.8, 4) is 0 Å². The van der Waals surface area contributed by atoms with Gasteiger partial charge in [-0.3, -0.25) is 9.78 Å². The molecule has 0 aliphatic carbocycles. The van der Waals surface area contributed by atoms with Crippen LogP contribution < -0.4 is 0 Å². The van der Waals surface area contributed by atoms with Crippen LogP contribution in [-0.4, -0.2) is 28.9 Å². The first-order valence-electron chi connectivity index (χ1n) is 8.55. The van der Waals surface area contributed by atoms with Gasteiger partial charge in [0.05, 0.1) is 0 Å². The fourth-order valence-electron chi connectivity index (χ4n) is 3.25. The van der Waals surface area contributed by atoms with Crippen LogP contribution in [0.15, 0.2) is 42.6 Å². The number of piperidine rings is 1. The molecule has 1 aromatic carbocycles. The summed E-state index contributed by atoms with van der Waals surface area (Å²) < 4.78 is 0. The minimum atomic E-state index is 0.109. The summed E-state index contributed by atoms with van der Waals surface area (Å²) in [5.41, 5.74) is 2.96. The number of halogens is 1. The highest BCUT2D eigenvalue weighted by Gasteiger charge is 2.25. The zero-order valence-corrected chi connectivity index (χ0v) is 15.0. The van der Waals surface area contributed by atoms with Crippen LogP contribution in [0.4, 0.5) is 0 Å². The zero-order valence-electron chi connectivity index (χ0n) is 14.2. The number of nitrogens with zero attached hydrogens (tertiary/aromatic N) is 2. The van der Waals surface area contributed by atoms with Crippen molar-refractivity contribution < 1.29 is 4.79 Å². The molecule has 4 heteroatoms. The second-order valence-corrected chi connectivity index (χ2v) is 7.20. The average molecular weight is 343 g/mol. The van der Waals surface area contributed by atoms with Gasteiger partial charge < -0.3 is 4.90 Å². The molecule has 1 aliphatic heterocycles. The molecule has 0 unspecified atom stereocenters. The van der Waals surface area contributed by atoms with E-state index in [1.807, 2.05) is 29.2 Å². The van der Waals surface area contributed by atoms with Crippen molar-refractivity contribution in [3.05, 3.63) is 64.4 Å². The number of hydrogen-bond acceptors (Lipinski definition) is 2. The quantitative estimate of drug-likeness (QED) is 0.796. The van der Waals surface area contributed by atoms with Crippen LogP contribution in [0.2, 0.25) is 5.02 Å². The number of pyridine rings is 1. The molecule has 3 rings (SSSR count). The van der Waals surface area contributed by atoms with Gasteiger partial charge >= 0.3 is 0 Å². The topological polar surface area (TPSA) is 33.2 Å². The predicted octanol–water partition coefficient (Wildman–Crippen LogP) is 4.88. The molecule has 3 nitrogen and oxygen atoms in total. The van der Waals surface area contributed by atoms with Gasteiger partial charge in [-0.05, 0) is 48.6 Å². The van der Waals surface area contributed by atoms with Crippen molar-refractivity contribution >= 4 is 17.5 Å². The Bertz CT molecular complexity index is 712. The fourth-order valence-corrected chi connectivity index (χ4v) is 3.37. The summed E-state index contributed by atoms with van der Waals surface area (Å²) in [5.74, 6) is 0.810. The maximum Gasteiger partial charge on any atom is 0.253 e. The van der Waals surface area contributed by atoms with E-state index >= 15 is 0 Å². The Morgan fingerprint density at radius 2 is 2.00 bits per heavy atom. The Labute approximate surface area is 148 Å². The SMILES string of the molecule is CC(C)c1cc(C(=O)N2CCC[C@@H](c3ccc(Cl)cc3)C2)ccn1. The van der Waals surface area contributed by atoms with Gasteiger partial charge in [0.2, 0.25) is 0 Å². The van der Waals surface area contributed by atoms with Gasteiger partial charge in [-0.2, -0.15) is 0 Å². The summed E-state index contributed by atoms with van der Waals surface area (Å²) in [6.45, 7) is 5.77. The van der Waals surface area contributed by atoms with E-state index in [9.17, 15) is 4.79 Å². The van der Waals surface area contributed by atoms with Crippen molar-refractivity contribution in [1.82, 2.24) is 9.88 Å². The van der Waals surface area contributed by atoms with Crippen LogP contribution in [0.25, 0.3) is 0 Å². The molecule has 1 saturated heterocycles. The Kier molecular flexibility index (Phi) is 5.20. The normalized spacial score (nSPS) is 18.0. The minimum absolute atomic E-state index is 0.109. The highest BCUT2D eigenvalue weighted by molar-refractivity contribution is 6.30. The first-order valence-corrected chi connectivity index (χ1v) is 8.93. The number of rotatable bonds is 3. The van der Waals surface area contributed by atoms with Gasteiger partial charge in [-0.15, -0.1) is 0 Å². The largest absolute Gasteiger partial charge is 0.338 e. The molecule has 0 saturated carbocycles. The summed E-state index contributed by atoms with van der Waals surface area (Å²) in [6.07, 6.45) is 3.88. The van der Waals surface area contributed by atoms with Gasteiger partial charge in [0.15, 0.2) is 0 Å². The lowest BCUT2D eigenvalue weighted by atomic mass is 9.90. The lowest BCUT2D eigenvalue weighted by Gasteiger charge is -2.33. The maximum atomic E-state index is 12.9. The van der Waals surface area contributed by atoms with Crippen molar-refractivity contribution in [2.75, 3.05) is 13.1 Å². The van der Waals surface area contributed by atoms with Crippen molar-refractivity contribution in [2.24, 2.45) is 0 Å². The molecule has 1 fully saturated rings. The van der Waals surface area contributed by atoms with Crippen LogP contribution in [-0.2, 0) is 0 Å².